The standard InChI is InChI=1S/C21H21NO2/c1-13-8-9-17(12-16(13)4)18-10-11-19(24-18)21(23)22-20-14(2)6-5-7-15(20)3/h5-12H,1-4H3,(H,22,23). The first-order valence-electron chi connectivity index (χ1n) is 8.01. The second-order valence-electron chi connectivity index (χ2n) is 6.18. The average Bonchev–Trinajstić information content (AvgIpc) is 3.03. The number of nitrogens with one attached hydrogen (secondary N) is 1. The molecule has 0 saturated heterocycles. The molecular formula is C21H21NO2. The number of aryl methyl sites for hydroxylation is 4. The molecule has 0 bridgehead atoms. The lowest BCUT2D eigenvalue weighted by Crippen LogP contribution is -2.12. The fraction of sp³-hybridized carbons (Fsp3) is 0.190. The van der Waals surface area contributed by atoms with Gasteiger partial charge < -0.3 is 9.73 Å². The first kappa shape index (κ1) is 16.1. The molecule has 0 unspecified atom stereocenters. The van der Waals surface area contributed by atoms with E-state index in [4.69, 9.17) is 4.42 Å². The number of benzene rings is 2. The predicted octanol–water partition coefficient (Wildman–Crippen LogP) is 5.43. The predicted molar refractivity (Wildman–Crippen MR) is 97.5 cm³/mol. The van der Waals surface area contributed by atoms with Gasteiger partial charge in [0.25, 0.3) is 5.91 Å². The zero-order chi connectivity index (χ0) is 17.3. The molecule has 2 aromatic carbocycles. The molecule has 0 aliphatic carbocycles. The molecule has 3 heteroatoms. The maximum absolute atomic E-state index is 12.5. The number of carbonyl (C=O) groups excluding carboxylic acids is 1. The topological polar surface area (TPSA) is 42.2 Å². The molecule has 1 amide bonds. The van der Waals surface area contributed by atoms with E-state index >= 15 is 0 Å². The van der Waals surface area contributed by atoms with E-state index in [1.165, 1.54) is 11.1 Å². The van der Waals surface area contributed by atoms with Crippen molar-refractivity contribution < 1.29 is 9.21 Å². The van der Waals surface area contributed by atoms with Crippen molar-refractivity contribution in [1.29, 1.82) is 0 Å². The van der Waals surface area contributed by atoms with Crippen molar-refractivity contribution in [3.63, 3.8) is 0 Å². The highest BCUT2D eigenvalue weighted by Crippen LogP contribution is 2.26. The molecule has 1 heterocycles. The SMILES string of the molecule is Cc1ccc(-c2ccc(C(=O)Nc3c(C)cccc3C)o2)cc1C. The molecule has 3 aromatic rings. The molecule has 1 N–H and O–H groups in total. The summed E-state index contributed by atoms with van der Waals surface area (Å²) in [5, 5.41) is 2.95. The lowest BCUT2D eigenvalue weighted by atomic mass is 10.1. The Hall–Kier alpha value is -2.81. The van der Waals surface area contributed by atoms with E-state index in [9.17, 15) is 4.79 Å². The Balaban J connectivity index is 1.85. The number of amides is 1. The molecule has 1 aromatic heterocycles. The van der Waals surface area contributed by atoms with Crippen molar-refractivity contribution in [2.75, 3.05) is 5.32 Å². The summed E-state index contributed by atoms with van der Waals surface area (Å²) in [7, 11) is 0. The highest BCUT2D eigenvalue weighted by Gasteiger charge is 2.14. The smallest absolute Gasteiger partial charge is 0.291 e. The molecule has 0 spiro atoms. The van der Waals surface area contributed by atoms with Crippen LogP contribution in [0.1, 0.15) is 32.8 Å². The van der Waals surface area contributed by atoms with Gasteiger partial charge in [-0.25, -0.2) is 0 Å². The van der Waals surface area contributed by atoms with E-state index in [0.717, 1.165) is 22.4 Å². The molecular weight excluding hydrogens is 298 g/mol. The summed E-state index contributed by atoms with van der Waals surface area (Å²) in [6.07, 6.45) is 0. The number of hydrogen-bond acceptors (Lipinski definition) is 2. The van der Waals surface area contributed by atoms with Crippen LogP contribution in [0.3, 0.4) is 0 Å². The van der Waals surface area contributed by atoms with Gasteiger partial charge in [0.2, 0.25) is 0 Å². The van der Waals surface area contributed by atoms with Crippen molar-refractivity contribution in [3.8, 4) is 11.3 Å². The number of carbonyl (C=O) groups is 1. The quantitative estimate of drug-likeness (QED) is 0.699. The normalized spacial score (nSPS) is 10.7. The van der Waals surface area contributed by atoms with Gasteiger partial charge in [-0.3, -0.25) is 4.79 Å². The fourth-order valence-electron chi connectivity index (χ4n) is 2.70. The van der Waals surface area contributed by atoms with E-state index in [1.807, 2.05) is 44.2 Å². The zero-order valence-corrected chi connectivity index (χ0v) is 14.4. The third-order valence-electron chi connectivity index (χ3n) is 4.34. The van der Waals surface area contributed by atoms with Crippen LogP contribution in [0.25, 0.3) is 11.3 Å². The van der Waals surface area contributed by atoms with Crippen LogP contribution in [0.2, 0.25) is 0 Å². The highest BCUT2D eigenvalue weighted by molar-refractivity contribution is 6.03. The first-order valence-corrected chi connectivity index (χ1v) is 8.01. The van der Waals surface area contributed by atoms with Crippen molar-refractivity contribution in [1.82, 2.24) is 0 Å². The van der Waals surface area contributed by atoms with Gasteiger partial charge in [-0.2, -0.15) is 0 Å². The van der Waals surface area contributed by atoms with E-state index in [2.05, 4.69) is 31.3 Å². The van der Waals surface area contributed by atoms with Crippen LogP contribution in [0, 0.1) is 27.7 Å². The van der Waals surface area contributed by atoms with Gasteiger partial charge in [0.15, 0.2) is 5.76 Å². The van der Waals surface area contributed by atoms with E-state index in [-0.39, 0.29) is 5.91 Å². The second-order valence-corrected chi connectivity index (χ2v) is 6.18. The second kappa shape index (κ2) is 6.36. The molecule has 0 atom stereocenters. The Bertz CT molecular complexity index is 886. The van der Waals surface area contributed by atoms with Crippen molar-refractivity contribution in [2.24, 2.45) is 0 Å². The minimum absolute atomic E-state index is 0.234. The van der Waals surface area contributed by atoms with Crippen LogP contribution in [-0.4, -0.2) is 5.91 Å². The first-order chi connectivity index (χ1) is 11.5. The molecule has 0 saturated carbocycles. The number of furan rings is 1. The van der Waals surface area contributed by atoms with Gasteiger partial charge in [-0.1, -0.05) is 30.3 Å². The molecule has 0 aliphatic rings. The lowest BCUT2D eigenvalue weighted by Gasteiger charge is -2.10. The van der Waals surface area contributed by atoms with Crippen LogP contribution in [0.4, 0.5) is 5.69 Å². The van der Waals surface area contributed by atoms with Gasteiger partial charge in [0.05, 0.1) is 0 Å². The molecule has 3 nitrogen and oxygen atoms in total. The van der Waals surface area contributed by atoms with Crippen LogP contribution < -0.4 is 5.32 Å². The van der Waals surface area contributed by atoms with Gasteiger partial charge in [-0.15, -0.1) is 0 Å². The highest BCUT2D eigenvalue weighted by atomic mass is 16.3. The minimum Gasteiger partial charge on any atom is -0.451 e. The van der Waals surface area contributed by atoms with Crippen LogP contribution in [0.5, 0.6) is 0 Å². The minimum atomic E-state index is -0.234. The van der Waals surface area contributed by atoms with E-state index in [1.54, 1.807) is 6.07 Å². The Labute approximate surface area is 142 Å². The molecule has 3 rings (SSSR count). The maximum atomic E-state index is 12.5. The molecule has 0 fully saturated rings. The Kier molecular flexibility index (Phi) is 4.26. The van der Waals surface area contributed by atoms with Gasteiger partial charge in [0, 0.05) is 11.3 Å². The summed E-state index contributed by atoms with van der Waals surface area (Å²) in [4.78, 5) is 12.5. The van der Waals surface area contributed by atoms with Crippen LogP contribution in [0.15, 0.2) is 52.9 Å². The molecule has 122 valence electrons. The summed E-state index contributed by atoms with van der Waals surface area (Å²) in [5.41, 5.74) is 6.31. The van der Waals surface area contributed by atoms with Crippen molar-refractivity contribution in [2.45, 2.75) is 27.7 Å². The summed E-state index contributed by atoms with van der Waals surface area (Å²) in [5.74, 6) is 0.776. The Morgan fingerprint density at radius 1 is 0.833 bits per heavy atom. The molecule has 24 heavy (non-hydrogen) atoms. The van der Waals surface area contributed by atoms with E-state index < -0.39 is 0 Å². The van der Waals surface area contributed by atoms with Crippen LogP contribution in [-0.2, 0) is 0 Å². The molecule has 0 aliphatic heterocycles. The van der Waals surface area contributed by atoms with Crippen molar-refractivity contribution >= 4 is 11.6 Å². The van der Waals surface area contributed by atoms with Crippen LogP contribution >= 0.6 is 0 Å². The number of rotatable bonds is 3. The van der Waals surface area contributed by atoms with Gasteiger partial charge >= 0.3 is 0 Å². The fourth-order valence-corrected chi connectivity index (χ4v) is 2.70. The summed E-state index contributed by atoms with van der Waals surface area (Å²) < 4.78 is 5.77. The summed E-state index contributed by atoms with van der Waals surface area (Å²) in [6.45, 7) is 8.09. The largest absolute Gasteiger partial charge is 0.451 e. The third kappa shape index (κ3) is 3.11. The number of hydrogen-bond donors (Lipinski definition) is 1. The van der Waals surface area contributed by atoms with Gasteiger partial charge in [-0.05, 0) is 68.1 Å². The third-order valence-corrected chi connectivity index (χ3v) is 4.34. The van der Waals surface area contributed by atoms with E-state index in [0.29, 0.717) is 11.5 Å². The average molecular weight is 319 g/mol. The Morgan fingerprint density at radius 3 is 2.21 bits per heavy atom. The summed E-state index contributed by atoms with van der Waals surface area (Å²) in [6, 6.07) is 15.6. The zero-order valence-electron chi connectivity index (χ0n) is 14.4. The summed E-state index contributed by atoms with van der Waals surface area (Å²) >= 11 is 0. The van der Waals surface area contributed by atoms with Gasteiger partial charge in [0.1, 0.15) is 5.76 Å². The lowest BCUT2D eigenvalue weighted by molar-refractivity contribution is 0.0997. The number of para-hydroxylation sites is 1. The Morgan fingerprint density at radius 2 is 1.54 bits per heavy atom. The molecule has 0 radical (unpaired) electrons. The maximum Gasteiger partial charge on any atom is 0.291 e. The van der Waals surface area contributed by atoms with Crippen molar-refractivity contribution in [3.05, 3.63) is 76.5 Å². The number of anilines is 1. The monoisotopic (exact) mass is 319 g/mol.